The molecule has 2 N–H and O–H groups in total. The van der Waals surface area contributed by atoms with Crippen LogP contribution in [0.2, 0.25) is 5.15 Å². The van der Waals surface area contributed by atoms with E-state index in [1.54, 1.807) is 6.33 Å². The standard InChI is InChI=1S/C17H22ClN5O4/c1-9(24)26-5-3-11-7-13(12(11)4-6-27-10(2)25)23-8-20-14-15(18)21-17(19)22-16(14)23/h8,11-13H,3-7H2,1-2H3,(H2,19,21,22)/t11-,12-,13-/m1/s1. The quantitative estimate of drug-likeness (QED) is 0.558. The van der Waals surface area contributed by atoms with Gasteiger partial charge >= 0.3 is 11.9 Å². The van der Waals surface area contributed by atoms with Crippen LogP contribution in [-0.2, 0) is 19.1 Å². The van der Waals surface area contributed by atoms with Crippen LogP contribution in [0.25, 0.3) is 11.2 Å². The van der Waals surface area contributed by atoms with E-state index in [1.165, 1.54) is 13.8 Å². The fourth-order valence-corrected chi connectivity index (χ4v) is 3.91. The molecule has 2 heterocycles. The van der Waals surface area contributed by atoms with Crippen LogP contribution in [0.3, 0.4) is 0 Å². The van der Waals surface area contributed by atoms with Gasteiger partial charge in [0.15, 0.2) is 10.8 Å². The summed E-state index contributed by atoms with van der Waals surface area (Å²) < 4.78 is 12.1. The van der Waals surface area contributed by atoms with E-state index in [9.17, 15) is 9.59 Å². The van der Waals surface area contributed by atoms with Gasteiger partial charge in [-0.25, -0.2) is 4.98 Å². The number of rotatable bonds is 7. The number of hydrogen-bond donors (Lipinski definition) is 1. The molecule has 9 nitrogen and oxygen atoms in total. The second kappa shape index (κ2) is 8.08. The van der Waals surface area contributed by atoms with Gasteiger partial charge in [-0.3, -0.25) is 9.59 Å². The van der Waals surface area contributed by atoms with Crippen LogP contribution < -0.4 is 5.73 Å². The molecule has 0 unspecified atom stereocenters. The zero-order valence-corrected chi connectivity index (χ0v) is 16.0. The molecule has 3 atom stereocenters. The van der Waals surface area contributed by atoms with E-state index in [0.29, 0.717) is 36.7 Å². The van der Waals surface area contributed by atoms with Crippen LogP contribution >= 0.6 is 11.6 Å². The van der Waals surface area contributed by atoms with Gasteiger partial charge in [-0.15, -0.1) is 0 Å². The van der Waals surface area contributed by atoms with E-state index in [4.69, 9.17) is 26.8 Å². The SMILES string of the molecule is CC(=O)OCC[C@@H]1C[C@@H](n2cnc3c(Cl)nc(N)nc32)[C@@H]1CCOC(C)=O. The summed E-state index contributed by atoms with van der Waals surface area (Å²) in [6, 6.07) is 0.123. The summed E-state index contributed by atoms with van der Waals surface area (Å²) >= 11 is 6.11. The molecule has 0 saturated heterocycles. The van der Waals surface area contributed by atoms with Crippen molar-refractivity contribution in [2.75, 3.05) is 18.9 Å². The molecule has 0 amide bonds. The molecular weight excluding hydrogens is 374 g/mol. The predicted molar refractivity (Wildman–Crippen MR) is 97.9 cm³/mol. The van der Waals surface area contributed by atoms with Gasteiger partial charge in [0, 0.05) is 19.9 Å². The van der Waals surface area contributed by atoms with Crippen molar-refractivity contribution in [1.82, 2.24) is 19.5 Å². The Morgan fingerprint density at radius 2 is 1.89 bits per heavy atom. The zero-order valence-electron chi connectivity index (χ0n) is 15.2. The highest BCUT2D eigenvalue weighted by Crippen LogP contribution is 2.48. The minimum Gasteiger partial charge on any atom is -0.466 e. The Labute approximate surface area is 161 Å². The molecule has 0 aromatic carbocycles. The number of esters is 2. The number of fused-ring (bicyclic) bond motifs is 1. The largest absolute Gasteiger partial charge is 0.466 e. The first-order valence-corrected chi connectivity index (χ1v) is 9.17. The number of carbonyl (C=O) groups is 2. The summed E-state index contributed by atoms with van der Waals surface area (Å²) in [5.74, 6) is 0.0770. The van der Waals surface area contributed by atoms with Crippen molar-refractivity contribution in [2.24, 2.45) is 11.8 Å². The van der Waals surface area contributed by atoms with Crippen LogP contribution in [0, 0.1) is 11.8 Å². The van der Waals surface area contributed by atoms with Gasteiger partial charge in [0.2, 0.25) is 5.95 Å². The molecule has 0 bridgehead atoms. The van der Waals surface area contributed by atoms with Crippen LogP contribution in [-0.4, -0.2) is 44.7 Å². The molecule has 1 saturated carbocycles. The summed E-state index contributed by atoms with van der Waals surface area (Å²) in [5.41, 5.74) is 6.83. The molecule has 1 aliphatic carbocycles. The van der Waals surface area contributed by atoms with Gasteiger partial charge in [0.05, 0.1) is 19.5 Å². The lowest BCUT2D eigenvalue weighted by Gasteiger charge is -2.45. The lowest BCUT2D eigenvalue weighted by molar-refractivity contribution is -0.144. The number of nitrogen functional groups attached to an aromatic ring is 1. The molecule has 1 fully saturated rings. The van der Waals surface area contributed by atoms with Crippen molar-refractivity contribution >= 4 is 40.7 Å². The summed E-state index contributed by atoms with van der Waals surface area (Å²) in [4.78, 5) is 34.6. The average Bonchev–Trinajstić information content (AvgIpc) is 2.97. The minimum absolute atomic E-state index is 0.0939. The van der Waals surface area contributed by atoms with Crippen molar-refractivity contribution in [3.05, 3.63) is 11.5 Å². The van der Waals surface area contributed by atoms with Gasteiger partial charge in [-0.1, -0.05) is 11.6 Å². The van der Waals surface area contributed by atoms with Crippen LogP contribution in [0.5, 0.6) is 0 Å². The molecule has 27 heavy (non-hydrogen) atoms. The third-order valence-corrected chi connectivity index (χ3v) is 5.21. The first-order valence-electron chi connectivity index (χ1n) is 8.79. The van der Waals surface area contributed by atoms with Gasteiger partial charge < -0.3 is 19.8 Å². The van der Waals surface area contributed by atoms with E-state index in [1.807, 2.05) is 4.57 Å². The number of anilines is 1. The molecule has 1 aliphatic rings. The van der Waals surface area contributed by atoms with Crippen molar-refractivity contribution in [2.45, 2.75) is 39.2 Å². The Kier molecular flexibility index (Phi) is 5.79. The minimum atomic E-state index is -0.303. The summed E-state index contributed by atoms with van der Waals surface area (Å²) in [6.07, 6.45) is 4.02. The summed E-state index contributed by atoms with van der Waals surface area (Å²) in [7, 11) is 0. The highest BCUT2D eigenvalue weighted by atomic mass is 35.5. The van der Waals surface area contributed by atoms with Gasteiger partial charge in [-0.05, 0) is 31.1 Å². The number of halogens is 1. The summed E-state index contributed by atoms with van der Waals surface area (Å²) in [5, 5.41) is 0.221. The number of hydrogen-bond acceptors (Lipinski definition) is 8. The molecule has 2 aromatic heterocycles. The normalized spacial score (nSPS) is 21.7. The second-order valence-electron chi connectivity index (χ2n) is 6.68. The maximum Gasteiger partial charge on any atom is 0.302 e. The number of aromatic nitrogens is 4. The van der Waals surface area contributed by atoms with E-state index >= 15 is 0 Å². The second-order valence-corrected chi connectivity index (χ2v) is 7.04. The highest BCUT2D eigenvalue weighted by Gasteiger charge is 2.42. The number of carbonyl (C=O) groups excluding carboxylic acids is 2. The van der Waals surface area contributed by atoms with Crippen LogP contribution in [0.4, 0.5) is 5.95 Å². The highest BCUT2D eigenvalue weighted by molar-refractivity contribution is 6.33. The maximum absolute atomic E-state index is 11.1. The molecule has 2 aromatic rings. The smallest absolute Gasteiger partial charge is 0.302 e. The lowest BCUT2D eigenvalue weighted by atomic mass is 9.66. The van der Waals surface area contributed by atoms with E-state index in [2.05, 4.69) is 15.0 Å². The molecule has 146 valence electrons. The van der Waals surface area contributed by atoms with Gasteiger partial charge in [0.1, 0.15) is 5.52 Å². The Morgan fingerprint density at radius 3 is 2.56 bits per heavy atom. The Hall–Kier alpha value is -2.42. The monoisotopic (exact) mass is 395 g/mol. The molecular formula is C17H22ClN5O4. The third kappa shape index (κ3) is 4.29. The Bertz CT molecular complexity index is 855. The average molecular weight is 396 g/mol. The maximum atomic E-state index is 11.1. The predicted octanol–water partition coefficient (Wildman–Crippen LogP) is 2.15. The number of ether oxygens (including phenoxy) is 2. The lowest BCUT2D eigenvalue weighted by Crippen LogP contribution is -2.40. The van der Waals surface area contributed by atoms with Crippen LogP contribution in [0.15, 0.2) is 6.33 Å². The van der Waals surface area contributed by atoms with Gasteiger partial charge in [-0.2, -0.15) is 9.97 Å². The fourth-order valence-electron chi connectivity index (χ4n) is 3.69. The third-order valence-electron chi connectivity index (χ3n) is 4.95. The zero-order chi connectivity index (χ0) is 19.6. The Balaban J connectivity index is 1.76. The van der Waals surface area contributed by atoms with E-state index < -0.39 is 0 Å². The molecule has 10 heteroatoms. The van der Waals surface area contributed by atoms with E-state index in [-0.39, 0.29) is 35.0 Å². The van der Waals surface area contributed by atoms with Crippen molar-refractivity contribution < 1.29 is 19.1 Å². The van der Waals surface area contributed by atoms with Gasteiger partial charge in [0.25, 0.3) is 0 Å². The van der Waals surface area contributed by atoms with E-state index in [0.717, 1.165) is 12.8 Å². The number of imidazole rings is 1. The van der Waals surface area contributed by atoms with Crippen LogP contribution in [0.1, 0.15) is 39.2 Å². The number of nitrogens with two attached hydrogens (primary N) is 1. The number of nitrogens with zero attached hydrogens (tertiary/aromatic N) is 4. The fraction of sp³-hybridized carbons (Fsp3) is 0.588. The van der Waals surface area contributed by atoms with Crippen molar-refractivity contribution in [3.8, 4) is 0 Å². The van der Waals surface area contributed by atoms with Crippen molar-refractivity contribution in [1.29, 1.82) is 0 Å². The topological polar surface area (TPSA) is 122 Å². The molecule has 3 rings (SSSR count). The molecule has 0 spiro atoms. The molecule has 0 aliphatic heterocycles. The summed E-state index contributed by atoms with van der Waals surface area (Å²) in [6.45, 7) is 3.50. The van der Waals surface area contributed by atoms with Crippen molar-refractivity contribution in [3.63, 3.8) is 0 Å². The Morgan fingerprint density at radius 1 is 1.22 bits per heavy atom. The first-order chi connectivity index (χ1) is 12.9. The first kappa shape index (κ1) is 19.3. The molecule has 0 radical (unpaired) electrons.